The van der Waals surface area contributed by atoms with Crippen molar-refractivity contribution >= 4 is 11.7 Å². The molecule has 0 atom stereocenters. The molecule has 0 spiro atoms. The van der Waals surface area contributed by atoms with Crippen molar-refractivity contribution in [1.29, 1.82) is 0 Å². The predicted octanol–water partition coefficient (Wildman–Crippen LogP) is 0.0707. The molecule has 0 radical (unpaired) electrons. The van der Waals surface area contributed by atoms with E-state index in [4.69, 9.17) is 0 Å². The van der Waals surface area contributed by atoms with Gasteiger partial charge in [-0.05, 0) is 6.07 Å². The summed E-state index contributed by atoms with van der Waals surface area (Å²) in [5.41, 5.74) is 0.371. The monoisotopic (exact) mass is 181 g/mol. The van der Waals surface area contributed by atoms with Crippen molar-refractivity contribution in [3.8, 4) is 0 Å². The van der Waals surface area contributed by atoms with E-state index < -0.39 is 0 Å². The van der Waals surface area contributed by atoms with E-state index in [1.54, 1.807) is 20.2 Å². The van der Waals surface area contributed by atoms with Crippen LogP contribution in [0.4, 0.5) is 0 Å². The van der Waals surface area contributed by atoms with Gasteiger partial charge in [-0.15, -0.1) is 0 Å². The first-order valence-corrected chi connectivity index (χ1v) is 3.84. The van der Waals surface area contributed by atoms with Gasteiger partial charge in [0.15, 0.2) is 5.78 Å². The van der Waals surface area contributed by atoms with Crippen molar-refractivity contribution in [2.75, 3.05) is 14.1 Å². The molecule has 0 unspecified atom stereocenters. The molecule has 13 heavy (non-hydrogen) atoms. The second kappa shape index (κ2) is 3.84. The lowest BCUT2D eigenvalue weighted by atomic mass is 10.2. The Kier molecular flexibility index (Phi) is 2.79. The molecule has 0 saturated heterocycles. The molecule has 0 saturated carbocycles. The van der Waals surface area contributed by atoms with E-state index >= 15 is 0 Å². The van der Waals surface area contributed by atoms with Crippen LogP contribution < -0.4 is 0 Å². The third-order valence-electron chi connectivity index (χ3n) is 1.61. The normalized spacial score (nSPS) is 9.69. The maximum atomic E-state index is 11.3. The zero-order chi connectivity index (χ0) is 9.84. The van der Waals surface area contributed by atoms with Gasteiger partial charge in [0.1, 0.15) is 5.69 Å². The molecular weight excluding hydrogens is 170 g/mol. The summed E-state index contributed by atoms with van der Waals surface area (Å²) in [6.45, 7) is 0. The van der Waals surface area contributed by atoms with Crippen molar-refractivity contribution in [2.45, 2.75) is 6.42 Å². The molecule has 5 heteroatoms. The number of hydrogen-bond donors (Lipinski definition) is 1. The minimum atomic E-state index is -0.240. The molecule has 70 valence electrons. The molecule has 1 heterocycles. The van der Waals surface area contributed by atoms with Crippen molar-refractivity contribution in [1.82, 2.24) is 15.1 Å². The summed E-state index contributed by atoms with van der Waals surface area (Å²) < 4.78 is 0. The summed E-state index contributed by atoms with van der Waals surface area (Å²) in [7, 11) is 3.23. The third kappa shape index (κ3) is 2.40. The van der Waals surface area contributed by atoms with Gasteiger partial charge in [0.2, 0.25) is 5.91 Å². The summed E-state index contributed by atoms with van der Waals surface area (Å²) in [6, 6.07) is 1.55. The van der Waals surface area contributed by atoms with Crippen LogP contribution in [0.2, 0.25) is 0 Å². The number of hydrogen-bond acceptors (Lipinski definition) is 3. The first-order valence-electron chi connectivity index (χ1n) is 3.84. The van der Waals surface area contributed by atoms with Gasteiger partial charge in [-0.25, -0.2) is 0 Å². The zero-order valence-corrected chi connectivity index (χ0v) is 7.57. The van der Waals surface area contributed by atoms with Gasteiger partial charge in [0.25, 0.3) is 0 Å². The maximum absolute atomic E-state index is 11.3. The summed E-state index contributed by atoms with van der Waals surface area (Å²) in [4.78, 5) is 23.8. The van der Waals surface area contributed by atoms with Gasteiger partial charge in [-0.2, -0.15) is 5.10 Å². The topological polar surface area (TPSA) is 66.1 Å². The van der Waals surface area contributed by atoms with E-state index in [0.717, 1.165) is 0 Å². The number of aromatic nitrogens is 2. The second-order valence-electron chi connectivity index (χ2n) is 2.86. The van der Waals surface area contributed by atoms with E-state index in [2.05, 4.69) is 10.2 Å². The molecule has 1 amide bonds. The van der Waals surface area contributed by atoms with Gasteiger partial charge < -0.3 is 4.90 Å². The fraction of sp³-hybridized carbons (Fsp3) is 0.375. The molecule has 0 aromatic carbocycles. The summed E-state index contributed by atoms with van der Waals surface area (Å²) >= 11 is 0. The van der Waals surface area contributed by atoms with Crippen LogP contribution in [0.5, 0.6) is 0 Å². The minimum absolute atomic E-state index is 0.116. The van der Waals surface area contributed by atoms with Gasteiger partial charge in [-0.3, -0.25) is 14.7 Å². The van der Waals surface area contributed by atoms with Gasteiger partial charge >= 0.3 is 0 Å². The lowest BCUT2D eigenvalue weighted by Gasteiger charge is -2.08. The van der Waals surface area contributed by atoms with Crippen molar-refractivity contribution in [2.24, 2.45) is 0 Å². The Bertz CT molecular complexity index is 303. The van der Waals surface area contributed by atoms with Crippen molar-refractivity contribution < 1.29 is 9.59 Å². The zero-order valence-electron chi connectivity index (χ0n) is 7.57. The molecule has 0 aliphatic heterocycles. The van der Waals surface area contributed by atoms with Crippen LogP contribution >= 0.6 is 0 Å². The Balaban J connectivity index is 2.57. The number of carbonyl (C=O) groups excluding carboxylic acids is 2. The van der Waals surface area contributed by atoms with Crippen LogP contribution in [-0.2, 0) is 4.79 Å². The summed E-state index contributed by atoms with van der Waals surface area (Å²) in [6.07, 6.45) is 1.36. The van der Waals surface area contributed by atoms with Gasteiger partial charge in [-0.1, -0.05) is 0 Å². The van der Waals surface area contributed by atoms with E-state index in [0.29, 0.717) is 5.69 Å². The highest BCUT2D eigenvalue weighted by Gasteiger charge is 2.13. The van der Waals surface area contributed by atoms with Gasteiger partial charge in [0, 0.05) is 20.3 Å². The Morgan fingerprint density at radius 1 is 1.54 bits per heavy atom. The van der Waals surface area contributed by atoms with Crippen LogP contribution in [0.15, 0.2) is 12.3 Å². The fourth-order valence-corrected chi connectivity index (χ4v) is 0.802. The number of rotatable bonds is 3. The number of ketones is 1. The molecule has 0 aliphatic rings. The Morgan fingerprint density at radius 2 is 2.23 bits per heavy atom. The van der Waals surface area contributed by atoms with Crippen LogP contribution in [-0.4, -0.2) is 40.9 Å². The largest absolute Gasteiger partial charge is 0.348 e. The van der Waals surface area contributed by atoms with E-state index in [-0.39, 0.29) is 18.1 Å². The Hall–Kier alpha value is -1.65. The molecule has 1 N–H and O–H groups in total. The maximum Gasteiger partial charge on any atom is 0.229 e. The van der Waals surface area contributed by atoms with Gasteiger partial charge in [0.05, 0.1) is 6.42 Å². The number of Topliss-reactive ketones (excluding diaryl/α,β-unsaturated/α-hetero) is 1. The van der Waals surface area contributed by atoms with Crippen molar-refractivity contribution in [3.05, 3.63) is 18.0 Å². The summed E-state index contributed by atoms with van der Waals surface area (Å²) in [5, 5.41) is 6.14. The average molecular weight is 181 g/mol. The van der Waals surface area contributed by atoms with E-state index in [1.165, 1.54) is 11.1 Å². The number of nitrogens with zero attached hydrogens (tertiary/aromatic N) is 2. The average Bonchev–Trinajstić information content (AvgIpc) is 2.55. The molecule has 1 aromatic heterocycles. The third-order valence-corrected chi connectivity index (χ3v) is 1.61. The smallest absolute Gasteiger partial charge is 0.229 e. The quantitative estimate of drug-likeness (QED) is 0.530. The highest BCUT2D eigenvalue weighted by Crippen LogP contribution is 1.99. The first kappa shape index (κ1) is 9.44. The molecule has 1 rings (SSSR count). The molecular formula is C8H11N3O2. The van der Waals surface area contributed by atoms with Crippen molar-refractivity contribution in [3.63, 3.8) is 0 Å². The highest BCUT2D eigenvalue weighted by molar-refractivity contribution is 6.06. The molecule has 1 aromatic rings. The van der Waals surface area contributed by atoms with E-state index in [9.17, 15) is 9.59 Å². The molecule has 0 aliphatic carbocycles. The molecule has 0 bridgehead atoms. The number of aromatic amines is 1. The predicted molar refractivity (Wildman–Crippen MR) is 46.2 cm³/mol. The fourth-order valence-electron chi connectivity index (χ4n) is 0.802. The first-order chi connectivity index (χ1) is 6.11. The highest BCUT2D eigenvalue weighted by atomic mass is 16.2. The molecule has 5 nitrogen and oxygen atoms in total. The molecule has 0 fully saturated rings. The minimum Gasteiger partial charge on any atom is -0.348 e. The lowest BCUT2D eigenvalue weighted by Crippen LogP contribution is -2.24. The van der Waals surface area contributed by atoms with Crippen LogP contribution in [0.3, 0.4) is 0 Å². The van der Waals surface area contributed by atoms with Crippen LogP contribution in [0.1, 0.15) is 16.9 Å². The number of H-pyrrole nitrogens is 1. The number of carbonyl (C=O) groups is 2. The van der Waals surface area contributed by atoms with E-state index in [1.807, 2.05) is 0 Å². The number of amides is 1. The van der Waals surface area contributed by atoms with Crippen LogP contribution in [0.25, 0.3) is 0 Å². The standard InChI is InChI=1S/C8H11N3O2/c1-11(2)8(13)5-7(12)6-3-4-9-10-6/h3-4H,5H2,1-2H3,(H,9,10). The lowest BCUT2D eigenvalue weighted by molar-refractivity contribution is -0.127. The summed E-state index contributed by atoms with van der Waals surface area (Å²) in [5.74, 6) is -0.448. The SMILES string of the molecule is CN(C)C(=O)CC(=O)c1ccn[nH]1. The second-order valence-corrected chi connectivity index (χ2v) is 2.86. The Morgan fingerprint density at radius 3 is 2.69 bits per heavy atom. The Labute approximate surface area is 75.7 Å². The van der Waals surface area contributed by atoms with Crippen LogP contribution in [0, 0.1) is 0 Å². The number of nitrogens with one attached hydrogen (secondary N) is 1.